The highest BCUT2D eigenvalue weighted by atomic mass is 14.6. The van der Waals surface area contributed by atoms with Gasteiger partial charge in [0.05, 0.1) is 0 Å². The Labute approximate surface area is 97.3 Å². The number of benzene rings is 2. The molecule has 0 fully saturated rings. The lowest BCUT2D eigenvalue weighted by atomic mass is 9.81. The molecule has 0 aliphatic carbocycles. The molecule has 0 spiro atoms. The van der Waals surface area contributed by atoms with Gasteiger partial charge in [-0.3, -0.25) is 0 Å². The van der Waals surface area contributed by atoms with Crippen LogP contribution in [0.25, 0.3) is 10.8 Å². The first kappa shape index (κ1) is 11.2. The predicted octanol–water partition coefficient (Wildman–Crippen LogP) is 3.38. The van der Waals surface area contributed by atoms with Crippen molar-refractivity contribution in [2.75, 3.05) is 6.54 Å². The molecule has 1 heteroatoms. The van der Waals surface area contributed by atoms with Crippen molar-refractivity contribution < 1.29 is 0 Å². The average molecular weight is 213 g/mol. The van der Waals surface area contributed by atoms with Crippen LogP contribution < -0.4 is 5.73 Å². The maximum absolute atomic E-state index is 5.87. The Balaban J connectivity index is 2.74. The van der Waals surface area contributed by atoms with E-state index >= 15 is 0 Å². The number of nitrogens with two attached hydrogens (primary N) is 1. The molecule has 16 heavy (non-hydrogen) atoms. The van der Waals surface area contributed by atoms with Crippen LogP contribution in [0.3, 0.4) is 0 Å². The van der Waals surface area contributed by atoms with E-state index in [1.807, 2.05) is 0 Å². The van der Waals surface area contributed by atoms with Gasteiger partial charge in [-0.1, -0.05) is 55.8 Å². The molecule has 0 radical (unpaired) electrons. The summed E-state index contributed by atoms with van der Waals surface area (Å²) in [6, 6.07) is 13.0. The quantitative estimate of drug-likeness (QED) is 0.813. The van der Waals surface area contributed by atoms with Gasteiger partial charge in [0.25, 0.3) is 0 Å². The molecule has 2 aromatic rings. The fraction of sp³-hybridized carbons (Fsp3) is 0.333. The molecule has 0 heterocycles. The molecular weight excluding hydrogens is 194 g/mol. The van der Waals surface area contributed by atoms with Gasteiger partial charge >= 0.3 is 0 Å². The van der Waals surface area contributed by atoms with Crippen molar-refractivity contribution in [3.05, 3.63) is 47.5 Å². The van der Waals surface area contributed by atoms with Crippen molar-refractivity contribution in [3.8, 4) is 0 Å². The Hall–Kier alpha value is -1.34. The van der Waals surface area contributed by atoms with Crippen molar-refractivity contribution >= 4 is 10.8 Å². The van der Waals surface area contributed by atoms with E-state index in [4.69, 9.17) is 5.73 Å². The first-order chi connectivity index (χ1) is 7.54. The smallest absolute Gasteiger partial charge is 0.00252 e. The summed E-state index contributed by atoms with van der Waals surface area (Å²) in [6.07, 6.45) is 0. The molecule has 0 bridgehead atoms. The molecule has 2 N–H and O–H groups in total. The van der Waals surface area contributed by atoms with Crippen LogP contribution in [-0.4, -0.2) is 6.54 Å². The van der Waals surface area contributed by atoms with E-state index in [9.17, 15) is 0 Å². The van der Waals surface area contributed by atoms with Crippen LogP contribution in [0.15, 0.2) is 36.4 Å². The molecule has 0 aliphatic heterocycles. The zero-order valence-corrected chi connectivity index (χ0v) is 10.2. The molecule has 0 saturated heterocycles. The van der Waals surface area contributed by atoms with E-state index < -0.39 is 0 Å². The first-order valence-electron chi connectivity index (χ1n) is 5.74. The van der Waals surface area contributed by atoms with Crippen LogP contribution in [0.1, 0.15) is 25.0 Å². The fourth-order valence-electron chi connectivity index (χ4n) is 2.09. The van der Waals surface area contributed by atoms with Crippen molar-refractivity contribution in [2.24, 2.45) is 5.73 Å². The minimum absolute atomic E-state index is 0.0350. The Bertz CT molecular complexity index is 512. The number of rotatable bonds is 2. The minimum Gasteiger partial charge on any atom is -0.330 e. The van der Waals surface area contributed by atoms with E-state index in [1.165, 1.54) is 21.9 Å². The molecular formula is C15H19N. The highest BCUT2D eigenvalue weighted by molar-refractivity contribution is 5.87. The van der Waals surface area contributed by atoms with Crippen LogP contribution in [-0.2, 0) is 5.41 Å². The second-order valence-electron chi connectivity index (χ2n) is 5.12. The topological polar surface area (TPSA) is 26.0 Å². The van der Waals surface area contributed by atoms with E-state index in [0.717, 1.165) is 0 Å². The van der Waals surface area contributed by atoms with Crippen LogP contribution in [0.2, 0.25) is 0 Å². The van der Waals surface area contributed by atoms with E-state index in [0.29, 0.717) is 6.54 Å². The Morgan fingerprint density at radius 1 is 1.12 bits per heavy atom. The van der Waals surface area contributed by atoms with Crippen LogP contribution in [0.5, 0.6) is 0 Å². The van der Waals surface area contributed by atoms with Crippen molar-refractivity contribution in [2.45, 2.75) is 26.2 Å². The highest BCUT2D eigenvalue weighted by Gasteiger charge is 2.20. The molecule has 2 aromatic carbocycles. The number of aryl methyl sites for hydroxylation is 1. The maximum Gasteiger partial charge on any atom is 0.00252 e. The lowest BCUT2D eigenvalue weighted by Crippen LogP contribution is -2.28. The summed E-state index contributed by atoms with van der Waals surface area (Å²) in [5.74, 6) is 0. The molecule has 84 valence electrons. The third kappa shape index (κ3) is 1.83. The number of hydrogen-bond acceptors (Lipinski definition) is 1. The normalized spacial score (nSPS) is 12.0. The third-order valence-corrected chi connectivity index (χ3v) is 3.28. The average Bonchev–Trinajstić information content (AvgIpc) is 2.28. The molecule has 0 amide bonds. The first-order valence-corrected chi connectivity index (χ1v) is 5.74. The van der Waals surface area contributed by atoms with Gasteiger partial charge in [-0.2, -0.15) is 0 Å². The zero-order valence-electron chi connectivity index (χ0n) is 10.2. The molecule has 0 saturated carbocycles. The standard InChI is InChI=1S/C15H19N/c1-11-7-8-12-5-4-6-14(13(12)9-11)15(2,3)10-16/h4-9H,10,16H2,1-3H3. The molecule has 1 nitrogen and oxygen atoms in total. The molecule has 0 atom stereocenters. The Kier molecular flexibility index (Phi) is 2.73. The SMILES string of the molecule is Cc1ccc2cccc(C(C)(C)CN)c2c1. The highest BCUT2D eigenvalue weighted by Crippen LogP contribution is 2.30. The second-order valence-corrected chi connectivity index (χ2v) is 5.12. The van der Waals surface area contributed by atoms with Gasteiger partial charge in [0.2, 0.25) is 0 Å². The van der Waals surface area contributed by atoms with Crippen molar-refractivity contribution in [1.29, 1.82) is 0 Å². The minimum atomic E-state index is 0.0350. The summed E-state index contributed by atoms with van der Waals surface area (Å²) in [4.78, 5) is 0. The summed E-state index contributed by atoms with van der Waals surface area (Å²) in [7, 11) is 0. The molecule has 2 rings (SSSR count). The van der Waals surface area contributed by atoms with Gasteiger partial charge in [0, 0.05) is 12.0 Å². The molecule has 0 aromatic heterocycles. The van der Waals surface area contributed by atoms with E-state index in [-0.39, 0.29) is 5.41 Å². The summed E-state index contributed by atoms with van der Waals surface area (Å²) in [5, 5.41) is 2.63. The summed E-state index contributed by atoms with van der Waals surface area (Å²) < 4.78 is 0. The van der Waals surface area contributed by atoms with Crippen molar-refractivity contribution in [3.63, 3.8) is 0 Å². The van der Waals surface area contributed by atoms with Crippen LogP contribution in [0, 0.1) is 6.92 Å². The largest absolute Gasteiger partial charge is 0.330 e. The number of hydrogen-bond donors (Lipinski definition) is 1. The van der Waals surface area contributed by atoms with E-state index in [2.05, 4.69) is 57.2 Å². The Morgan fingerprint density at radius 3 is 2.56 bits per heavy atom. The van der Waals surface area contributed by atoms with E-state index in [1.54, 1.807) is 0 Å². The zero-order chi connectivity index (χ0) is 11.8. The lowest BCUT2D eigenvalue weighted by molar-refractivity contribution is 0.544. The monoisotopic (exact) mass is 213 g/mol. The molecule has 0 unspecified atom stereocenters. The predicted molar refractivity (Wildman–Crippen MR) is 70.8 cm³/mol. The van der Waals surface area contributed by atoms with Gasteiger partial charge in [-0.25, -0.2) is 0 Å². The van der Waals surface area contributed by atoms with Gasteiger partial charge in [-0.15, -0.1) is 0 Å². The summed E-state index contributed by atoms with van der Waals surface area (Å²) in [6.45, 7) is 7.19. The fourth-order valence-corrected chi connectivity index (χ4v) is 2.09. The second kappa shape index (κ2) is 3.91. The van der Waals surface area contributed by atoms with Gasteiger partial charge in [0.15, 0.2) is 0 Å². The third-order valence-electron chi connectivity index (χ3n) is 3.28. The van der Waals surface area contributed by atoms with Gasteiger partial charge in [0.1, 0.15) is 0 Å². The van der Waals surface area contributed by atoms with Gasteiger partial charge < -0.3 is 5.73 Å². The number of fused-ring (bicyclic) bond motifs is 1. The summed E-state index contributed by atoms with van der Waals surface area (Å²) >= 11 is 0. The molecule has 0 aliphatic rings. The maximum atomic E-state index is 5.87. The van der Waals surface area contributed by atoms with Gasteiger partial charge in [-0.05, 0) is 23.3 Å². The Morgan fingerprint density at radius 2 is 1.88 bits per heavy atom. The summed E-state index contributed by atoms with van der Waals surface area (Å²) in [5.41, 5.74) is 8.54. The van der Waals surface area contributed by atoms with Crippen LogP contribution >= 0.6 is 0 Å². The van der Waals surface area contributed by atoms with Crippen LogP contribution in [0.4, 0.5) is 0 Å². The lowest BCUT2D eigenvalue weighted by Gasteiger charge is -2.25. The van der Waals surface area contributed by atoms with Crippen molar-refractivity contribution in [1.82, 2.24) is 0 Å².